The lowest BCUT2D eigenvalue weighted by atomic mass is 10.1. The molecule has 1 aromatic carbocycles. The van der Waals surface area contributed by atoms with E-state index in [0.29, 0.717) is 16.9 Å². The van der Waals surface area contributed by atoms with Crippen molar-refractivity contribution in [3.05, 3.63) is 23.8 Å². The molecule has 0 atom stereocenters. The van der Waals surface area contributed by atoms with Crippen LogP contribution in [0.25, 0.3) is 0 Å². The number of carbonyl (C=O) groups excluding carboxylic acids is 1. The van der Waals surface area contributed by atoms with Crippen molar-refractivity contribution in [2.24, 2.45) is 0 Å². The van der Waals surface area contributed by atoms with Gasteiger partial charge in [-0.2, -0.15) is 0 Å². The van der Waals surface area contributed by atoms with Crippen LogP contribution in [-0.4, -0.2) is 47.9 Å². The first kappa shape index (κ1) is 14.2. The summed E-state index contributed by atoms with van der Waals surface area (Å²) in [5, 5.41) is 0. The van der Waals surface area contributed by atoms with Gasteiger partial charge in [-0.15, -0.1) is 0 Å². The molecule has 114 valence electrons. The van der Waals surface area contributed by atoms with E-state index >= 15 is 0 Å². The number of carbonyl (C=O) groups is 1. The van der Waals surface area contributed by atoms with Crippen LogP contribution in [0.1, 0.15) is 36.0 Å². The molecule has 1 aliphatic carbocycles. The van der Waals surface area contributed by atoms with Crippen LogP contribution < -0.4 is 11.5 Å². The highest BCUT2D eigenvalue weighted by Gasteiger charge is 2.28. The van der Waals surface area contributed by atoms with Gasteiger partial charge in [0.15, 0.2) is 0 Å². The van der Waals surface area contributed by atoms with Crippen molar-refractivity contribution in [3.8, 4) is 0 Å². The van der Waals surface area contributed by atoms with Crippen LogP contribution in [0.2, 0.25) is 0 Å². The molecule has 0 spiro atoms. The molecule has 1 saturated heterocycles. The van der Waals surface area contributed by atoms with Gasteiger partial charge in [0.25, 0.3) is 5.91 Å². The number of nitrogen functional groups attached to an aromatic ring is 2. The third kappa shape index (κ3) is 3.13. The summed E-state index contributed by atoms with van der Waals surface area (Å²) in [4.78, 5) is 17.0. The largest absolute Gasteiger partial charge is 0.399 e. The summed E-state index contributed by atoms with van der Waals surface area (Å²) in [6, 6.07) is 5.84. The molecule has 0 aromatic heterocycles. The Morgan fingerprint density at radius 3 is 2.10 bits per heavy atom. The predicted octanol–water partition coefficient (Wildman–Crippen LogP) is 1.55. The Morgan fingerprint density at radius 2 is 1.52 bits per heavy atom. The molecule has 5 heteroatoms. The maximum Gasteiger partial charge on any atom is 0.254 e. The van der Waals surface area contributed by atoms with Gasteiger partial charge in [-0.05, 0) is 31.0 Å². The van der Waals surface area contributed by atoms with Gasteiger partial charge in [-0.1, -0.05) is 12.8 Å². The fraction of sp³-hybridized carbons (Fsp3) is 0.562. The zero-order valence-electron chi connectivity index (χ0n) is 12.4. The molecule has 0 bridgehead atoms. The number of nitrogens with zero attached hydrogens (tertiary/aromatic N) is 2. The molecule has 1 heterocycles. The van der Waals surface area contributed by atoms with Crippen molar-refractivity contribution in [2.45, 2.75) is 31.7 Å². The van der Waals surface area contributed by atoms with Crippen molar-refractivity contribution >= 4 is 17.3 Å². The number of hydrogen-bond acceptors (Lipinski definition) is 4. The molecule has 4 N–H and O–H groups in total. The van der Waals surface area contributed by atoms with E-state index in [1.807, 2.05) is 4.90 Å². The number of nitrogens with two attached hydrogens (primary N) is 2. The summed E-state index contributed by atoms with van der Waals surface area (Å²) in [6.45, 7) is 3.55. The highest BCUT2D eigenvalue weighted by Crippen LogP contribution is 2.25. The first-order valence-electron chi connectivity index (χ1n) is 7.83. The molecular weight excluding hydrogens is 264 g/mol. The lowest BCUT2D eigenvalue weighted by Gasteiger charge is -2.38. The number of amides is 1. The number of benzene rings is 1. The number of rotatable bonds is 2. The molecule has 2 aliphatic rings. The van der Waals surface area contributed by atoms with Crippen molar-refractivity contribution < 1.29 is 4.79 Å². The van der Waals surface area contributed by atoms with E-state index in [1.54, 1.807) is 18.2 Å². The van der Waals surface area contributed by atoms with Crippen LogP contribution in [0.3, 0.4) is 0 Å². The van der Waals surface area contributed by atoms with Crippen molar-refractivity contribution in [1.82, 2.24) is 9.80 Å². The summed E-state index contributed by atoms with van der Waals surface area (Å²) in [5.74, 6) is 0.0417. The van der Waals surface area contributed by atoms with Crippen LogP contribution in [0.4, 0.5) is 11.4 Å². The fourth-order valence-electron chi connectivity index (χ4n) is 3.54. The van der Waals surface area contributed by atoms with E-state index in [-0.39, 0.29) is 5.91 Å². The van der Waals surface area contributed by atoms with Gasteiger partial charge in [-0.3, -0.25) is 9.69 Å². The van der Waals surface area contributed by atoms with E-state index < -0.39 is 0 Å². The molecule has 1 aromatic rings. The molecule has 0 unspecified atom stereocenters. The lowest BCUT2D eigenvalue weighted by molar-refractivity contribution is 0.0573. The fourth-order valence-corrected chi connectivity index (χ4v) is 3.54. The van der Waals surface area contributed by atoms with E-state index in [9.17, 15) is 4.79 Å². The average Bonchev–Trinajstić information content (AvgIpc) is 3.00. The van der Waals surface area contributed by atoms with Crippen LogP contribution in [0.5, 0.6) is 0 Å². The Hall–Kier alpha value is -1.75. The molecule has 21 heavy (non-hydrogen) atoms. The first-order chi connectivity index (χ1) is 10.1. The van der Waals surface area contributed by atoms with Gasteiger partial charge < -0.3 is 16.4 Å². The minimum Gasteiger partial charge on any atom is -0.399 e. The maximum absolute atomic E-state index is 12.5. The summed E-state index contributed by atoms with van der Waals surface area (Å²) < 4.78 is 0. The summed E-state index contributed by atoms with van der Waals surface area (Å²) in [5.41, 5.74) is 13.2. The minimum absolute atomic E-state index is 0.0417. The highest BCUT2D eigenvalue weighted by molar-refractivity contribution is 5.96. The Kier molecular flexibility index (Phi) is 4.01. The smallest absolute Gasteiger partial charge is 0.254 e. The highest BCUT2D eigenvalue weighted by atomic mass is 16.2. The predicted molar refractivity (Wildman–Crippen MR) is 85.0 cm³/mol. The Labute approximate surface area is 125 Å². The van der Waals surface area contributed by atoms with Gasteiger partial charge in [0.05, 0.1) is 0 Å². The SMILES string of the molecule is Nc1cc(N)cc(C(=O)N2CCN(C3CCCC3)CC2)c1. The molecule has 5 nitrogen and oxygen atoms in total. The van der Waals surface area contributed by atoms with Gasteiger partial charge in [0.2, 0.25) is 0 Å². The van der Waals surface area contributed by atoms with Crippen LogP contribution in [0, 0.1) is 0 Å². The second kappa shape index (κ2) is 5.93. The Balaban J connectivity index is 1.62. The molecule has 1 saturated carbocycles. The minimum atomic E-state index is 0.0417. The molecule has 1 amide bonds. The number of piperazine rings is 1. The summed E-state index contributed by atoms with van der Waals surface area (Å²) >= 11 is 0. The third-order valence-corrected chi connectivity index (χ3v) is 4.67. The van der Waals surface area contributed by atoms with Gasteiger partial charge in [0, 0.05) is 49.2 Å². The molecule has 1 aliphatic heterocycles. The Bertz CT molecular complexity index is 497. The molecule has 2 fully saturated rings. The zero-order chi connectivity index (χ0) is 14.8. The van der Waals surface area contributed by atoms with Crippen LogP contribution >= 0.6 is 0 Å². The van der Waals surface area contributed by atoms with E-state index in [0.717, 1.165) is 32.2 Å². The first-order valence-corrected chi connectivity index (χ1v) is 7.83. The zero-order valence-corrected chi connectivity index (χ0v) is 12.4. The van der Waals surface area contributed by atoms with E-state index in [2.05, 4.69) is 4.90 Å². The van der Waals surface area contributed by atoms with Gasteiger partial charge in [0.1, 0.15) is 0 Å². The molecule has 3 rings (SSSR count). The number of anilines is 2. The van der Waals surface area contributed by atoms with Crippen LogP contribution in [-0.2, 0) is 0 Å². The summed E-state index contributed by atoms with van der Waals surface area (Å²) in [6.07, 6.45) is 5.35. The summed E-state index contributed by atoms with van der Waals surface area (Å²) in [7, 11) is 0. The van der Waals surface area contributed by atoms with E-state index in [4.69, 9.17) is 11.5 Å². The Morgan fingerprint density at radius 1 is 0.952 bits per heavy atom. The van der Waals surface area contributed by atoms with Crippen molar-refractivity contribution in [3.63, 3.8) is 0 Å². The topological polar surface area (TPSA) is 75.6 Å². The van der Waals surface area contributed by atoms with Gasteiger partial charge in [-0.25, -0.2) is 0 Å². The van der Waals surface area contributed by atoms with Crippen molar-refractivity contribution in [2.75, 3.05) is 37.6 Å². The second-order valence-electron chi connectivity index (χ2n) is 6.15. The maximum atomic E-state index is 12.5. The molecule has 0 radical (unpaired) electrons. The lowest BCUT2D eigenvalue weighted by Crippen LogP contribution is -2.51. The van der Waals surface area contributed by atoms with Crippen LogP contribution in [0.15, 0.2) is 18.2 Å². The number of hydrogen-bond donors (Lipinski definition) is 2. The normalized spacial score (nSPS) is 20.9. The van der Waals surface area contributed by atoms with Gasteiger partial charge >= 0.3 is 0 Å². The third-order valence-electron chi connectivity index (χ3n) is 4.67. The average molecular weight is 288 g/mol. The molecular formula is C16H24N4O. The standard InChI is InChI=1S/C16H24N4O/c17-13-9-12(10-14(18)11-13)16(21)20-7-5-19(6-8-20)15-3-1-2-4-15/h9-11,15H,1-8,17-18H2. The quantitative estimate of drug-likeness (QED) is 0.810. The monoisotopic (exact) mass is 288 g/mol. The van der Waals surface area contributed by atoms with Crippen molar-refractivity contribution in [1.29, 1.82) is 0 Å². The van der Waals surface area contributed by atoms with E-state index in [1.165, 1.54) is 25.7 Å². The second-order valence-corrected chi connectivity index (χ2v) is 6.15.